The van der Waals surface area contributed by atoms with Gasteiger partial charge in [0.1, 0.15) is 6.10 Å². The summed E-state index contributed by atoms with van der Waals surface area (Å²) in [5, 5.41) is 0. The Morgan fingerprint density at radius 1 is 0.468 bits per heavy atom. The van der Waals surface area contributed by atoms with E-state index in [-0.39, 0.29) is 12.1 Å². The van der Waals surface area contributed by atoms with Gasteiger partial charge in [0.2, 0.25) is 0 Å². The molecule has 0 saturated carbocycles. The minimum atomic E-state index is 0.0255. The summed E-state index contributed by atoms with van der Waals surface area (Å²) in [6.45, 7) is 5.59. The van der Waals surface area contributed by atoms with Crippen LogP contribution >= 0.6 is 0 Å². The molecule has 0 bridgehead atoms. The first-order valence-electron chi connectivity index (χ1n) is 21.2. The number of hydrogen-bond acceptors (Lipinski definition) is 2. The third-order valence-corrected chi connectivity index (χ3v) is 9.58. The van der Waals surface area contributed by atoms with Crippen LogP contribution in [0.15, 0.2) is 24.3 Å². The number of ether oxygens (including phenoxy) is 1. The molecule has 0 amide bonds. The molecule has 0 aliphatic carbocycles. The van der Waals surface area contributed by atoms with Crippen LogP contribution in [0.25, 0.3) is 0 Å². The van der Waals surface area contributed by atoms with Gasteiger partial charge in [-0.05, 0) is 77.0 Å². The quantitative estimate of drug-likeness (QED) is 0.0287. The summed E-state index contributed by atoms with van der Waals surface area (Å²) in [6, 6.07) is 0. The maximum Gasteiger partial charge on any atom is 0.306 e. The SMILES string of the molecule is CCCCCCCC/C=C\CCCCCCCCC(CCCCCCCC/C=C\CCCCCCCC)OC(=O)CCC[N+](C)(C)C. The van der Waals surface area contributed by atoms with Gasteiger partial charge in [-0.15, -0.1) is 0 Å². The molecular weight excluding hydrogens is 574 g/mol. The summed E-state index contributed by atoms with van der Waals surface area (Å²) in [4.78, 5) is 12.6. The molecule has 0 atom stereocenters. The van der Waals surface area contributed by atoms with E-state index in [1.807, 2.05) is 0 Å². The fraction of sp³-hybridized carbons (Fsp3) is 0.886. The molecule has 0 aromatic carbocycles. The molecule has 0 aliphatic heterocycles. The van der Waals surface area contributed by atoms with Crippen molar-refractivity contribution in [1.29, 1.82) is 0 Å². The van der Waals surface area contributed by atoms with Gasteiger partial charge >= 0.3 is 5.97 Å². The lowest BCUT2D eigenvalue weighted by molar-refractivity contribution is -0.870. The average molecular weight is 661 g/mol. The van der Waals surface area contributed by atoms with Gasteiger partial charge in [0.25, 0.3) is 0 Å². The molecule has 3 nitrogen and oxygen atoms in total. The van der Waals surface area contributed by atoms with E-state index in [0.717, 1.165) is 30.3 Å². The molecule has 3 heteroatoms. The van der Waals surface area contributed by atoms with Crippen molar-refractivity contribution >= 4 is 5.97 Å². The van der Waals surface area contributed by atoms with E-state index >= 15 is 0 Å². The van der Waals surface area contributed by atoms with Crippen molar-refractivity contribution in [2.75, 3.05) is 27.7 Å². The molecule has 0 N–H and O–H groups in total. The second-order valence-corrected chi connectivity index (χ2v) is 15.7. The molecule has 0 radical (unpaired) electrons. The van der Waals surface area contributed by atoms with Crippen molar-refractivity contribution < 1.29 is 14.0 Å². The monoisotopic (exact) mass is 661 g/mol. The Morgan fingerprint density at radius 3 is 1.13 bits per heavy atom. The Labute approximate surface area is 296 Å². The highest BCUT2D eigenvalue weighted by Crippen LogP contribution is 2.19. The van der Waals surface area contributed by atoms with Crippen molar-refractivity contribution in [1.82, 2.24) is 0 Å². The van der Waals surface area contributed by atoms with Gasteiger partial charge in [0, 0.05) is 6.42 Å². The van der Waals surface area contributed by atoms with Crippen molar-refractivity contribution in [2.45, 2.75) is 225 Å². The van der Waals surface area contributed by atoms with Gasteiger partial charge in [-0.1, -0.05) is 154 Å². The van der Waals surface area contributed by atoms with Crippen molar-refractivity contribution in [2.24, 2.45) is 0 Å². The summed E-state index contributed by atoms with van der Waals surface area (Å²) in [6.07, 6.45) is 50.7. The zero-order chi connectivity index (χ0) is 34.5. The van der Waals surface area contributed by atoms with Crippen LogP contribution in [0.3, 0.4) is 0 Å². The predicted octanol–water partition coefficient (Wildman–Crippen LogP) is 14.2. The predicted molar refractivity (Wildman–Crippen MR) is 210 cm³/mol. The molecule has 0 rings (SSSR count). The zero-order valence-electron chi connectivity index (χ0n) is 33.0. The van der Waals surface area contributed by atoms with Crippen molar-refractivity contribution in [3.63, 3.8) is 0 Å². The number of hydrogen-bond donors (Lipinski definition) is 0. The Kier molecular flexibility index (Phi) is 35.4. The molecule has 0 fully saturated rings. The van der Waals surface area contributed by atoms with Gasteiger partial charge in [-0.25, -0.2) is 0 Å². The number of unbranched alkanes of at least 4 members (excludes halogenated alkanes) is 24. The van der Waals surface area contributed by atoms with Gasteiger partial charge in [0.05, 0.1) is 34.1 Å². The second kappa shape index (κ2) is 36.2. The number of quaternary nitrogens is 1. The van der Waals surface area contributed by atoms with Crippen LogP contribution in [-0.2, 0) is 9.53 Å². The number of rotatable bonds is 37. The topological polar surface area (TPSA) is 26.3 Å². The van der Waals surface area contributed by atoms with E-state index in [9.17, 15) is 4.79 Å². The highest BCUT2D eigenvalue weighted by Gasteiger charge is 2.16. The molecule has 0 heterocycles. The Morgan fingerprint density at radius 2 is 0.787 bits per heavy atom. The lowest BCUT2D eigenvalue weighted by Crippen LogP contribution is -2.35. The minimum absolute atomic E-state index is 0.0255. The van der Waals surface area contributed by atoms with Crippen LogP contribution < -0.4 is 0 Å². The lowest BCUT2D eigenvalue weighted by atomic mass is 10.0. The Hall–Kier alpha value is -1.09. The fourth-order valence-electron chi connectivity index (χ4n) is 6.44. The van der Waals surface area contributed by atoms with Gasteiger partial charge < -0.3 is 9.22 Å². The summed E-state index contributed by atoms with van der Waals surface area (Å²) in [5.74, 6) is 0.0255. The number of nitrogens with zero attached hydrogens (tertiary/aromatic N) is 1. The van der Waals surface area contributed by atoms with E-state index in [0.29, 0.717) is 6.42 Å². The molecule has 0 saturated heterocycles. The van der Waals surface area contributed by atoms with Gasteiger partial charge in [-0.3, -0.25) is 4.79 Å². The van der Waals surface area contributed by atoms with E-state index in [1.165, 1.54) is 180 Å². The van der Waals surface area contributed by atoms with Crippen LogP contribution in [-0.4, -0.2) is 44.2 Å². The molecule has 278 valence electrons. The summed E-state index contributed by atoms with van der Waals surface area (Å²) in [7, 11) is 6.57. The zero-order valence-corrected chi connectivity index (χ0v) is 33.0. The Bertz CT molecular complexity index is 649. The van der Waals surface area contributed by atoms with E-state index in [2.05, 4.69) is 59.3 Å². The van der Waals surface area contributed by atoms with Gasteiger partial charge in [-0.2, -0.15) is 0 Å². The van der Waals surface area contributed by atoms with Crippen molar-refractivity contribution in [3.8, 4) is 0 Å². The molecule has 47 heavy (non-hydrogen) atoms. The maximum atomic E-state index is 12.6. The number of allylic oxidation sites excluding steroid dienone is 4. The highest BCUT2D eigenvalue weighted by atomic mass is 16.5. The largest absolute Gasteiger partial charge is 0.462 e. The maximum absolute atomic E-state index is 12.6. The van der Waals surface area contributed by atoms with Crippen LogP contribution in [0.5, 0.6) is 0 Å². The number of esters is 1. The second-order valence-electron chi connectivity index (χ2n) is 15.7. The third kappa shape index (κ3) is 39.2. The summed E-state index contributed by atoms with van der Waals surface area (Å²) in [5.41, 5.74) is 0. The first-order valence-corrected chi connectivity index (χ1v) is 21.2. The average Bonchev–Trinajstić information content (AvgIpc) is 3.03. The van der Waals surface area contributed by atoms with E-state index in [1.54, 1.807) is 0 Å². The Balaban J connectivity index is 4.02. The third-order valence-electron chi connectivity index (χ3n) is 9.58. The smallest absolute Gasteiger partial charge is 0.306 e. The normalized spacial score (nSPS) is 12.3. The first-order chi connectivity index (χ1) is 22.9. The molecule has 0 aromatic rings. The number of carbonyl (C=O) groups excluding carboxylic acids is 1. The van der Waals surface area contributed by atoms with Crippen LogP contribution in [0.1, 0.15) is 219 Å². The number of carbonyl (C=O) groups is 1. The van der Waals surface area contributed by atoms with Crippen LogP contribution in [0.2, 0.25) is 0 Å². The molecule has 0 spiro atoms. The minimum Gasteiger partial charge on any atom is -0.462 e. The van der Waals surface area contributed by atoms with E-state index < -0.39 is 0 Å². The molecule has 0 aromatic heterocycles. The molecular formula is C44H86NO2+. The first kappa shape index (κ1) is 45.9. The fourth-order valence-corrected chi connectivity index (χ4v) is 6.44. The van der Waals surface area contributed by atoms with Gasteiger partial charge in [0.15, 0.2) is 0 Å². The molecule has 0 unspecified atom stereocenters. The lowest BCUT2D eigenvalue weighted by Gasteiger charge is -2.24. The highest BCUT2D eigenvalue weighted by molar-refractivity contribution is 5.69. The standard InChI is InChI=1S/C44H86NO2/c1-6-8-10-12-14-16-18-20-22-24-26-28-30-32-34-36-39-43(47-44(46)41-38-42-45(3,4)5)40-37-35-33-31-29-27-25-23-21-19-17-15-13-11-9-7-2/h20-23,43H,6-19,24-42H2,1-5H3/q+1/b22-20-,23-21-. The summed E-state index contributed by atoms with van der Waals surface area (Å²) >= 11 is 0. The summed E-state index contributed by atoms with van der Waals surface area (Å²) < 4.78 is 6.96. The van der Waals surface area contributed by atoms with Crippen molar-refractivity contribution in [3.05, 3.63) is 24.3 Å². The van der Waals surface area contributed by atoms with Crippen LogP contribution in [0.4, 0.5) is 0 Å². The van der Waals surface area contributed by atoms with Crippen LogP contribution in [0, 0.1) is 0 Å². The molecule has 0 aliphatic rings. The van der Waals surface area contributed by atoms with E-state index in [4.69, 9.17) is 4.74 Å².